The van der Waals surface area contributed by atoms with Gasteiger partial charge in [0.15, 0.2) is 0 Å². The first-order valence-electron chi connectivity index (χ1n) is 6.67. The second kappa shape index (κ2) is 4.67. The number of hydrogen-bond donors (Lipinski definition) is 0. The zero-order valence-electron chi connectivity index (χ0n) is 10.5. The Balaban J connectivity index is 1.85. The number of benzene rings is 1. The Morgan fingerprint density at radius 2 is 1.78 bits per heavy atom. The van der Waals surface area contributed by atoms with Gasteiger partial charge in [0.2, 0.25) is 0 Å². The Hall–Kier alpha value is -1.45. The van der Waals surface area contributed by atoms with Crippen LogP contribution in [0.25, 0.3) is 10.9 Å². The van der Waals surface area contributed by atoms with Crippen molar-refractivity contribution in [1.29, 1.82) is 0 Å². The lowest BCUT2D eigenvalue weighted by atomic mass is 10.1. The van der Waals surface area contributed by atoms with E-state index in [1.807, 2.05) is 24.3 Å². The first-order chi connectivity index (χ1) is 8.75. The summed E-state index contributed by atoms with van der Waals surface area (Å²) in [5.74, 6) is 0. The van der Waals surface area contributed by atoms with Gasteiger partial charge in [0.05, 0.1) is 24.3 Å². The van der Waals surface area contributed by atoms with Crippen LogP contribution < -0.4 is 0 Å². The molecule has 0 N–H and O–H groups in total. The fourth-order valence-corrected chi connectivity index (χ4v) is 2.74. The summed E-state index contributed by atoms with van der Waals surface area (Å²) in [4.78, 5) is 4.60. The van der Waals surface area contributed by atoms with Crippen LogP contribution in [0.3, 0.4) is 0 Å². The molecule has 1 aliphatic rings. The minimum absolute atomic E-state index is 0.0919. The molecule has 3 heteroatoms. The van der Waals surface area contributed by atoms with E-state index in [1.165, 1.54) is 6.42 Å². The minimum Gasteiger partial charge on any atom is -0.633 e. The van der Waals surface area contributed by atoms with Gasteiger partial charge in [0, 0.05) is 5.39 Å². The van der Waals surface area contributed by atoms with E-state index in [9.17, 15) is 5.21 Å². The van der Waals surface area contributed by atoms with E-state index in [4.69, 9.17) is 0 Å². The smallest absolute Gasteiger partial charge is 0.121 e. The lowest BCUT2D eigenvalue weighted by Gasteiger charge is -2.45. The Morgan fingerprint density at radius 1 is 1.00 bits per heavy atom. The van der Waals surface area contributed by atoms with Gasteiger partial charge in [-0.15, -0.1) is 0 Å². The molecule has 1 aromatic heterocycles. The lowest BCUT2D eigenvalue weighted by molar-refractivity contribution is -0.898. The molecule has 1 aliphatic heterocycles. The maximum atomic E-state index is 12.5. The van der Waals surface area contributed by atoms with Crippen LogP contribution in [0.15, 0.2) is 36.4 Å². The van der Waals surface area contributed by atoms with Crippen LogP contribution in [0.2, 0.25) is 0 Å². The van der Waals surface area contributed by atoms with Gasteiger partial charge in [0.1, 0.15) is 6.54 Å². The number of piperidine rings is 1. The molecule has 94 valence electrons. The number of pyridine rings is 1. The van der Waals surface area contributed by atoms with Gasteiger partial charge in [0.25, 0.3) is 0 Å². The van der Waals surface area contributed by atoms with Crippen molar-refractivity contribution in [3.63, 3.8) is 0 Å². The van der Waals surface area contributed by atoms with Crippen molar-refractivity contribution in [2.45, 2.75) is 25.8 Å². The average molecular weight is 242 g/mol. The Bertz CT molecular complexity index is 547. The minimum atomic E-state index is -0.0919. The summed E-state index contributed by atoms with van der Waals surface area (Å²) in [5.41, 5.74) is 1.91. The lowest BCUT2D eigenvalue weighted by Crippen LogP contribution is -2.45. The van der Waals surface area contributed by atoms with Gasteiger partial charge >= 0.3 is 0 Å². The van der Waals surface area contributed by atoms with Crippen LogP contribution in [0, 0.1) is 5.21 Å². The van der Waals surface area contributed by atoms with Crippen LogP contribution in [-0.2, 0) is 6.54 Å². The van der Waals surface area contributed by atoms with E-state index >= 15 is 0 Å². The molecule has 0 atom stereocenters. The number of fused-ring (bicyclic) bond motifs is 1. The number of para-hydroxylation sites is 1. The number of hydrogen-bond acceptors (Lipinski definition) is 2. The highest BCUT2D eigenvalue weighted by Crippen LogP contribution is 2.21. The normalized spacial score (nSPS) is 18.9. The summed E-state index contributed by atoms with van der Waals surface area (Å²) >= 11 is 0. The number of aromatic nitrogens is 1. The third kappa shape index (κ3) is 2.37. The summed E-state index contributed by atoms with van der Waals surface area (Å²) in [7, 11) is 0. The van der Waals surface area contributed by atoms with Gasteiger partial charge in [-0.25, -0.2) is 4.98 Å². The summed E-state index contributed by atoms with van der Waals surface area (Å²) in [6, 6.07) is 12.1. The van der Waals surface area contributed by atoms with Gasteiger partial charge < -0.3 is 9.85 Å². The molecule has 2 aromatic rings. The maximum Gasteiger partial charge on any atom is 0.121 e. The fourth-order valence-electron chi connectivity index (χ4n) is 2.74. The second-order valence-electron chi connectivity index (χ2n) is 5.22. The van der Waals surface area contributed by atoms with E-state index < -0.39 is 0 Å². The first kappa shape index (κ1) is 11.6. The molecular weight excluding hydrogens is 224 g/mol. The quantitative estimate of drug-likeness (QED) is 0.598. The molecule has 3 nitrogen and oxygen atoms in total. The average Bonchev–Trinajstić information content (AvgIpc) is 2.39. The summed E-state index contributed by atoms with van der Waals surface area (Å²) < 4.78 is -0.0919. The van der Waals surface area contributed by atoms with Gasteiger partial charge in [-0.05, 0) is 31.4 Å². The highest BCUT2D eigenvalue weighted by atomic mass is 16.5. The molecule has 0 spiro atoms. The van der Waals surface area contributed by atoms with Crippen molar-refractivity contribution in [2.75, 3.05) is 13.1 Å². The van der Waals surface area contributed by atoms with Crippen LogP contribution in [0.1, 0.15) is 25.0 Å². The molecule has 0 unspecified atom stereocenters. The SMILES string of the molecule is [O-][N+]1(Cc2ccc3ccccc3n2)CCCCC1. The standard InChI is InChI=1S/C15H18N2O/c18-17(10-4-1-5-11-17)12-14-9-8-13-6-2-3-7-15(13)16-14/h2-3,6-9H,1,4-5,10-12H2. The van der Waals surface area contributed by atoms with Crippen molar-refractivity contribution in [3.8, 4) is 0 Å². The van der Waals surface area contributed by atoms with Crippen molar-refractivity contribution in [3.05, 3.63) is 47.3 Å². The van der Waals surface area contributed by atoms with Crippen LogP contribution in [-0.4, -0.2) is 22.7 Å². The summed E-state index contributed by atoms with van der Waals surface area (Å²) in [6.07, 6.45) is 3.31. The Kier molecular flexibility index (Phi) is 3.02. The fraction of sp³-hybridized carbons (Fsp3) is 0.400. The van der Waals surface area contributed by atoms with Crippen molar-refractivity contribution >= 4 is 10.9 Å². The summed E-state index contributed by atoms with van der Waals surface area (Å²) in [5, 5.41) is 13.7. The molecule has 0 amide bonds. The molecule has 1 saturated heterocycles. The highest BCUT2D eigenvalue weighted by molar-refractivity contribution is 5.78. The molecular formula is C15H18N2O. The number of likely N-dealkylation sites (tertiary alicyclic amines) is 1. The molecule has 3 rings (SSSR count). The summed E-state index contributed by atoms with van der Waals surface area (Å²) in [6.45, 7) is 2.01. The highest BCUT2D eigenvalue weighted by Gasteiger charge is 2.21. The van der Waals surface area contributed by atoms with Crippen LogP contribution >= 0.6 is 0 Å². The molecule has 2 heterocycles. The van der Waals surface area contributed by atoms with E-state index in [1.54, 1.807) is 0 Å². The van der Waals surface area contributed by atoms with Crippen molar-refractivity contribution in [2.24, 2.45) is 0 Å². The Labute approximate surface area is 107 Å². The molecule has 0 saturated carbocycles. The van der Waals surface area contributed by atoms with Crippen LogP contribution in [0.5, 0.6) is 0 Å². The van der Waals surface area contributed by atoms with Crippen molar-refractivity contribution in [1.82, 2.24) is 4.98 Å². The molecule has 1 aromatic carbocycles. The topological polar surface area (TPSA) is 36.0 Å². The van der Waals surface area contributed by atoms with Crippen molar-refractivity contribution < 1.29 is 4.65 Å². The van der Waals surface area contributed by atoms with E-state index in [0.717, 1.165) is 42.5 Å². The predicted molar refractivity (Wildman–Crippen MR) is 72.7 cm³/mol. The number of hydroxylamine groups is 3. The Morgan fingerprint density at radius 3 is 2.61 bits per heavy atom. The second-order valence-corrected chi connectivity index (χ2v) is 5.22. The molecule has 0 radical (unpaired) electrons. The predicted octanol–water partition coefficient (Wildman–Crippen LogP) is 3.23. The van der Waals surface area contributed by atoms with Crippen LogP contribution in [0.4, 0.5) is 0 Å². The zero-order chi connectivity index (χ0) is 12.4. The monoisotopic (exact) mass is 242 g/mol. The van der Waals surface area contributed by atoms with E-state index in [2.05, 4.69) is 17.1 Å². The van der Waals surface area contributed by atoms with Gasteiger partial charge in [-0.1, -0.05) is 24.3 Å². The largest absolute Gasteiger partial charge is 0.633 e. The molecule has 1 fully saturated rings. The third-order valence-corrected chi connectivity index (χ3v) is 3.74. The number of quaternary nitrogens is 1. The van der Waals surface area contributed by atoms with Gasteiger partial charge in [-0.2, -0.15) is 0 Å². The molecule has 0 aliphatic carbocycles. The third-order valence-electron chi connectivity index (χ3n) is 3.74. The van der Waals surface area contributed by atoms with E-state index in [0.29, 0.717) is 6.54 Å². The molecule has 18 heavy (non-hydrogen) atoms. The zero-order valence-corrected chi connectivity index (χ0v) is 10.5. The molecule has 0 bridgehead atoms. The first-order valence-corrected chi connectivity index (χ1v) is 6.67. The maximum absolute atomic E-state index is 12.5. The van der Waals surface area contributed by atoms with Gasteiger partial charge in [-0.3, -0.25) is 0 Å². The number of rotatable bonds is 2. The number of nitrogens with zero attached hydrogens (tertiary/aromatic N) is 2. The van der Waals surface area contributed by atoms with E-state index in [-0.39, 0.29) is 4.65 Å².